The Balaban J connectivity index is 1.56. The van der Waals surface area contributed by atoms with Gasteiger partial charge in [0.1, 0.15) is 5.75 Å². The van der Waals surface area contributed by atoms with Crippen molar-refractivity contribution in [1.82, 2.24) is 16.0 Å². The van der Waals surface area contributed by atoms with Crippen LogP contribution in [0.25, 0.3) is 0 Å². The van der Waals surface area contributed by atoms with Crippen LogP contribution >= 0.6 is 0 Å². The highest BCUT2D eigenvalue weighted by atomic mass is 16.5. The Labute approximate surface area is 144 Å². The molecule has 0 aliphatic heterocycles. The fourth-order valence-electron chi connectivity index (χ4n) is 2.32. The van der Waals surface area contributed by atoms with Crippen LogP contribution in [-0.2, 0) is 11.2 Å². The smallest absolute Gasteiger partial charge is 0.220 e. The van der Waals surface area contributed by atoms with E-state index >= 15 is 0 Å². The van der Waals surface area contributed by atoms with Crippen molar-refractivity contribution in [3.05, 3.63) is 29.8 Å². The Kier molecular flexibility index (Phi) is 7.39. The van der Waals surface area contributed by atoms with Crippen molar-refractivity contribution >= 4 is 11.9 Å². The van der Waals surface area contributed by atoms with Gasteiger partial charge in [-0.25, -0.2) is 0 Å². The molecule has 0 spiro atoms. The zero-order chi connectivity index (χ0) is 17.2. The summed E-state index contributed by atoms with van der Waals surface area (Å²) < 4.78 is 5.15. The zero-order valence-corrected chi connectivity index (χ0v) is 14.6. The van der Waals surface area contributed by atoms with Gasteiger partial charge in [-0.15, -0.1) is 0 Å². The van der Waals surface area contributed by atoms with Crippen molar-refractivity contribution in [2.75, 3.05) is 27.2 Å². The molecule has 1 aromatic rings. The normalized spacial score (nSPS) is 14.2. The summed E-state index contributed by atoms with van der Waals surface area (Å²) in [6, 6.07) is 8.51. The lowest BCUT2D eigenvalue weighted by molar-refractivity contribution is -0.121. The maximum Gasteiger partial charge on any atom is 0.220 e. The van der Waals surface area contributed by atoms with E-state index in [4.69, 9.17) is 4.74 Å². The molecule has 0 aromatic heterocycles. The van der Waals surface area contributed by atoms with Crippen molar-refractivity contribution in [1.29, 1.82) is 0 Å². The predicted octanol–water partition coefficient (Wildman–Crippen LogP) is 1.46. The van der Waals surface area contributed by atoms with E-state index < -0.39 is 0 Å². The first-order valence-electron chi connectivity index (χ1n) is 8.58. The summed E-state index contributed by atoms with van der Waals surface area (Å²) in [4.78, 5) is 15.8. The number of benzene rings is 1. The first-order valence-corrected chi connectivity index (χ1v) is 8.58. The maximum absolute atomic E-state index is 11.6. The number of methoxy groups -OCH3 is 1. The number of aliphatic imine (C=N–C) groups is 1. The van der Waals surface area contributed by atoms with Gasteiger partial charge in [-0.3, -0.25) is 9.79 Å². The van der Waals surface area contributed by atoms with E-state index in [0.29, 0.717) is 12.5 Å². The minimum Gasteiger partial charge on any atom is -0.497 e. The molecule has 132 valence electrons. The molecule has 1 fully saturated rings. The molecule has 1 amide bonds. The van der Waals surface area contributed by atoms with Crippen LogP contribution in [0.5, 0.6) is 5.75 Å². The predicted molar refractivity (Wildman–Crippen MR) is 96.5 cm³/mol. The van der Waals surface area contributed by atoms with Gasteiger partial charge >= 0.3 is 0 Å². The fraction of sp³-hybridized carbons (Fsp3) is 0.556. The van der Waals surface area contributed by atoms with Crippen molar-refractivity contribution in [3.63, 3.8) is 0 Å². The highest BCUT2D eigenvalue weighted by molar-refractivity contribution is 5.80. The summed E-state index contributed by atoms with van der Waals surface area (Å²) in [5.74, 6) is 1.79. The molecule has 0 unspecified atom stereocenters. The monoisotopic (exact) mass is 332 g/mol. The number of ether oxygens (including phenoxy) is 1. The standard InChI is InChI=1S/C18H28N4O2/c1-19-18(20-12-3-4-17(23)22-15-7-8-15)21-13-11-14-5-9-16(24-2)10-6-14/h5-6,9-10,15H,3-4,7-8,11-13H2,1-2H3,(H,22,23)(H2,19,20,21). The van der Waals surface area contributed by atoms with Gasteiger partial charge in [-0.1, -0.05) is 12.1 Å². The van der Waals surface area contributed by atoms with Crippen molar-refractivity contribution in [2.24, 2.45) is 4.99 Å². The van der Waals surface area contributed by atoms with Crippen LogP contribution in [0.15, 0.2) is 29.3 Å². The summed E-state index contributed by atoms with van der Waals surface area (Å²) >= 11 is 0. The molecular formula is C18H28N4O2. The Morgan fingerprint density at radius 3 is 2.54 bits per heavy atom. The Morgan fingerprint density at radius 2 is 1.92 bits per heavy atom. The SMILES string of the molecule is CN=C(NCCCC(=O)NC1CC1)NCCc1ccc(OC)cc1. The van der Waals surface area contributed by atoms with Crippen LogP contribution < -0.4 is 20.7 Å². The molecule has 6 nitrogen and oxygen atoms in total. The summed E-state index contributed by atoms with van der Waals surface area (Å²) in [7, 11) is 3.42. The topological polar surface area (TPSA) is 74.8 Å². The van der Waals surface area contributed by atoms with Crippen molar-refractivity contribution in [2.45, 2.75) is 38.1 Å². The third kappa shape index (κ3) is 6.89. The van der Waals surface area contributed by atoms with Gasteiger partial charge in [-0.05, 0) is 43.4 Å². The molecule has 0 radical (unpaired) electrons. The second-order valence-electron chi connectivity index (χ2n) is 5.97. The molecule has 24 heavy (non-hydrogen) atoms. The number of nitrogens with zero attached hydrogens (tertiary/aromatic N) is 1. The van der Waals surface area contributed by atoms with E-state index in [1.54, 1.807) is 14.2 Å². The van der Waals surface area contributed by atoms with Crippen LogP contribution in [0.1, 0.15) is 31.2 Å². The lowest BCUT2D eigenvalue weighted by atomic mass is 10.1. The molecule has 1 aliphatic carbocycles. The van der Waals surface area contributed by atoms with Gasteiger partial charge in [0, 0.05) is 32.6 Å². The minimum atomic E-state index is 0.154. The lowest BCUT2D eigenvalue weighted by Crippen LogP contribution is -2.39. The maximum atomic E-state index is 11.6. The van der Waals surface area contributed by atoms with Gasteiger partial charge in [0.2, 0.25) is 5.91 Å². The number of amides is 1. The number of nitrogens with one attached hydrogen (secondary N) is 3. The highest BCUT2D eigenvalue weighted by Gasteiger charge is 2.22. The van der Waals surface area contributed by atoms with Crippen molar-refractivity contribution < 1.29 is 9.53 Å². The highest BCUT2D eigenvalue weighted by Crippen LogP contribution is 2.18. The molecule has 0 atom stereocenters. The summed E-state index contributed by atoms with van der Waals surface area (Å²) in [5.41, 5.74) is 1.25. The van der Waals surface area contributed by atoms with Crippen LogP contribution in [0.2, 0.25) is 0 Å². The molecule has 1 saturated carbocycles. The van der Waals surface area contributed by atoms with Gasteiger partial charge in [0.25, 0.3) is 0 Å². The minimum absolute atomic E-state index is 0.154. The molecule has 6 heteroatoms. The lowest BCUT2D eigenvalue weighted by Gasteiger charge is -2.12. The molecule has 0 bridgehead atoms. The van der Waals surface area contributed by atoms with Gasteiger partial charge in [-0.2, -0.15) is 0 Å². The number of guanidine groups is 1. The average Bonchev–Trinajstić information content (AvgIpc) is 3.41. The largest absolute Gasteiger partial charge is 0.497 e. The molecule has 1 aromatic carbocycles. The third-order valence-corrected chi connectivity index (χ3v) is 3.90. The number of carbonyl (C=O) groups excluding carboxylic acids is 1. The van der Waals surface area contributed by atoms with E-state index in [9.17, 15) is 4.79 Å². The zero-order valence-electron chi connectivity index (χ0n) is 14.6. The number of hydrogen-bond donors (Lipinski definition) is 3. The second kappa shape index (κ2) is 9.80. The van der Waals surface area contributed by atoms with Crippen LogP contribution in [0.4, 0.5) is 0 Å². The van der Waals surface area contributed by atoms with Gasteiger partial charge < -0.3 is 20.7 Å². The van der Waals surface area contributed by atoms with E-state index in [0.717, 1.165) is 50.5 Å². The average molecular weight is 332 g/mol. The number of rotatable bonds is 9. The molecule has 3 N–H and O–H groups in total. The Morgan fingerprint density at radius 1 is 1.21 bits per heavy atom. The molecule has 1 aliphatic rings. The van der Waals surface area contributed by atoms with E-state index in [1.807, 2.05) is 12.1 Å². The first-order chi connectivity index (χ1) is 11.7. The quantitative estimate of drug-likeness (QED) is 0.364. The number of hydrogen-bond acceptors (Lipinski definition) is 3. The summed E-state index contributed by atoms with van der Waals surface area (Å²) in [6.07, 6.45) is 4.54. The van der Waals surface area contributed by atoms with E-state index in [2.05, 4.69) is 33.1 Å². The van der Waals surface area contributed by atoms with E-state index in [-0.39, 0.29) is 5.91 Å². The molecular weight excluding hydrogens is 304 g/mol. The fourth-order valence-corrected chi connectivity index (χ4v) is 2.32. The third-order valence-electron chi connectivity index (χ3n) is 3.90. The Bertz CT molecular complexity index is 538. The van der Waals surface area contributed by atoms with Gasteiger partial charge in [0.15, 0.2) is 5.96 Å². The molecule has 2 rings (SSSR count). The van der Waals surface area contributed by atoms with Gasteiger partial charge in [0.05, 0.1) is 7.11 Å². The van der Waals surface area contributed by atoms with Crippen LogP contribution in [0.3, 0.4) is 0 Å². The van der Waals surface area contributed by atoms with E-state index in [1.165, 1.54) is 5.56 Å². The first kappa shape index (κ1) is 18.1. The van der Waals surface area contributed by atoms with Crippen LogP contribution in [0, 0.1) is 0 Å². The van der Waals surface area contributed by atoms with Crippen molar-refractivity contribution in [3.8, 4) is 5.75 Å². The summed E-state index contributed by atoms with van der Waals surface area (Å²) in [5, 5.41) is 9.52. The number of carbonyl (C=O) groups is 1. The summed E-state index contributed by atoms with van der Waals surface area (Å²) in [6.45, 7) is 1.54. The second-order valence-corrected chi connectivity index (χ2v) is 5.97. The molecule has 0 saturated heterocycles. The molecule has 0 heterocycles. The van der Waals surface area contributed by atoms with Crippen LogP contribution in [-0.4, -0.2) is 45.2 Å². The Hall–Kier alpha value is -2.24.